The van der Waals surface area contributed by atoms with Crippen LogP contribution < -0.4 is 16.2 Å². The van der Waals surface area contributed by atoms with E-state index in [1.807, 2.05) is 13.8 Å². The zero-order valence-corrected chi connectivity index (χ0v) is 12.3. The number of urea groups is 1. The Labute approximate surface area is 118 Å². The van der Waals surface area contributed by atoms with E-state index >= 15 is 0 Å². The van der Waals surface area contributed by atoms with E-state index in [0.29, 0.717) is 18.7 Å². The molecule has 1 atom stereocenters. The number of rotatable bonds is 6. The summed E-state index contributed by atoms with van der Waals surface area (Å²) in [7, 11) is 0. The maximum atomic E-state index is 11.9. The molecular formula is C14H23N3O3. The maximum Gasteiger partial charge on any atom is 0.319 e. The Balaban J connectivity index is 2.76. The number of aliphatic hydroxyl groups excluding tert-OH is 1. The molecule has 0 saturated carbocycles. The first-order valence-electron chi connectivity index (χ1n) is 6.84. The molecule has 0 aromatic carbocycles. The number of pyridine rings is 1. The maximum absolute atomic E-state index is 11.9. The van der Waals surface area contributed by atoms with Crippen molar-refractivity contribution in [1.82, 2.24) is 9.88 Å². The fourth-order valence-electron chi connectivity index (χ4n) is 1.70. The molecule has 20 heavy (non-hydrogen) atoms. The predicted molar refractivity (Wildman–Crippen MR) is 78.9 cm³/mol. The van der Waals surface area contributed by atoms with Gasteiger partial charge in [-0.2, -0.15) is 0 Å². The summed E-state index contributed by atoms with van der Waals surface area (Å²) in [5.74, 6) is 0. The Bertz CT molecular complexity index is 507. The molecule has 1 heterocycles. The molecular weight excluding hydrogens is 258 g/mol. The zero-order chi connectivity index (χ0) is 15.2. The van der Waals surface area contributed by atoms with Crippen molar-refractivity contribution in [3.8, 4) is 0 Å². The average Bonchev–Trinajstić information content (AvgIpc) is 2.42. The molecule has 6 nitrogen and oxygen atoms in total. The minimum atomic E-state index is -0.651. The van der Waals surface area contributed by atoms with Crippen LogP contribution in [0.25, 0.3) is 0 Å². The molecule has 1 aromatic heterocycles. The number of anilines is 1. The molecule has 3 N–H and O–H groups in total. The molecule has 1 unspecified atom stereocenters. The second-order valence-electron chi connectivity index (χ2n) is 5.10. The molecule has 0 fully saturated rings. The summed E-state index contributed by atoms with van der Waals surface area (Å²) in [4.78, 5) is 23.4. The topological polar surface area (TPSA) is 83.4 Å². The number of aliphatic hydroxyl groups is 1. The number of nitrogens with zero attached hydrogens (tertiary/aromatic N) is 1. The van der Waals surface area contributed by atoms with Gasteiger partial charge in [0.05, 0.1) is 17.8 Å². The molecule has 0 aliphatic heterocycles. The minimum Gasteiger partial charge on any atom is -0.394 e. The van der Waals surface area contributed by atoms with Crippen molar-refractivity contribution >= 4 is 11.7 Å². The number of amides is 2. The summed E-state index contributed by atoms with van der Waals surface area (Å²) in [6, 6.07) is 2.59. The van der Waals surface area contributed by atoms with Gasteiger partial charge in [0.1, 0.15) is 0 Å². The van der Waals surface area contributed by atoms with Gasteiger partial charge in [-0.15, -0.1) is 0 Å². The van der Waals surface area contributed by atoms with Crippen molar-refractivity contribution in [3.05, 3.63) is 28.7 Å². The normalized spacial score (nSPS) is 13.6. The van der Waals surface area contributed by atoms with Gasteiger partial charge in [0.25, 0.3) is 5.56 Å². The van der Waals surface area contributed by atoms with E-state index in [0.717, 1.165) is 6.42 Å². The van der Waals surface area contributed by atoms with E-state index in [2.05, 4.69) is 10.6 Å². The molecule has 6 heteroatoms. The van der Waals surface area contributed by atoms with Crippen molar-refractivity contribution in [1.29, 1.82) is 0 Å². The Kier molecular flexibility index (Phi) is 5.76. The highest BCUT2D eigenvalue weighted by Gasteiger charge is 2.23. The van der Waals surface area contributed by atoms with E-state index in [1.54, 1.807) is 23.8 Å². The van der Waals surface area contributed by atoms with Crippen molar-refractivity contribution in [3.63, 3.8) is 0 Å². The summed E-state index contributed by atoms with van der Waals surface area (Å²) in [6.45, 7) is 6.11. The van der Waals surface area contributed by atoms with Crippen LogP contribution in [0.15, 0.2) is 23.1 Å². The fourth-order valence-corrected chi connectivity index (χ4v) is 1.70. The summed E-state index contributed by atoms with van der Waals surface area (Å²) in [6.07, 6.45) is 3.08. The van der Waals surface area contributed by atoms with Crippen molar-refractivity contribution in [2.24, 2.45) is 0 Å². The lowest BCUT2D eigenvalue weighted by molar-refractivity contribution is 0.172. The van der Waals surface area contributed by atoms with Gasteiger partial charge in [-0.3, -0.25) is 4.79 Å². The molecule has 0 aliphatic rings. The second kappa shape index (κ2) is 7.09. The standard InChI is InChI=1S/C14H23N3O3/c1-4-8-17-9-11(6-7-12(17)19)15-13(20)16-14(3,5-2)10-18/h6-7,9,18H,4-5,8,10H2,1-3H3,(H2,15,16,20). The highest BCUT2D eigenvalue weighted by Crippen LogP contribution is 2.09. The molecule has 0 aliphatic carbocycles. The van der Waals surface area contributed by atoms with Crippen LogP contribution in [0.3, 0.4) is 0 Å². The number of hydrogen-bond donors (Lipinski definition) is 3. The lowest BCUT2D eigenvalue weighted by Crippen LogP contribution is -2.50. The monoisotopic (exact) mass is 281 g/mol. The van der Waals surface area contributed by atoms with Crippen LogP contribution in [-0.4, -0.2) is 27.9 Å². The summed E-state index contributed by atoms with van der Waals surface area (Å²) in [5.41, 5.74) is -0.194. The molecule has 2 amide bonds. The Morgan fingerprint density at radius 2 is 2.10 bits per heavy atom. The Hall–Kier alpha value is -1.82. The van der Waals surface area contributed by atoms with Gasteiger partial charge in [-0.1, -0.05) is 13.8 Å². The van der Waals surface area contributed by atoms with Crippen LogP contribution in [0.1, 0.15) is 33.6 Å². The molecule has 0 saturated heterocycles. The van der Waals surface area contributed by atoms with E-state index in [1.165, 1.54) is 6.07 Å². The molecule has 0 spiro atoms. The lowest BCUT2D eigenvalue weighted by Gasteiger charge is -2.27. The van der Waals surface area contributed by atoms with Crippen LogP contribution in [0.5, 0.6) is 0 Å². The lowest BCUT2D eigenvalue weighted by atomic mass is 10.0. The number of carbonyl (C=O) groups excluding carboxylic acids is 1. The van der Waals surface area contributed by atoms with Gasteiger partial charge in [0, 0.05) is 18.8 Å². The van der Waals surface area contributed by atoms with Crippen LogP contribution in [0.2, 0.25) is 0 Å². The van der Waals surface area contributed by atoms with Gasteiger partial charge in [-0.25, -0.2) is 4.79 Å². The summed E-state index contributed by atoms with van der Waals surface area (Å²) < 4.78 is 1.56. The molecule has 0 radical (unpaired) electrons. The summed E-state index contributed by atoms with van der Waals surface area (Å²) in [5, 5.41) is 14.7. The molecule has 1 aromatic rings. The molecule has 1 rings (SSSR count). The minimum absolute atomic E-state index is 0.0911. The van der Waals surface area contributed by atoms with Gasteiger partial charge in [-0.05, 0) is 25.8 Å². The molecule has 0 bridgehead atoms. The van der Waals surface area contributed by atoms with Crippen molar-refractivity contribution in [2.75, 3.05) is 11.9 Å². The second-order valence-corrected chi connectivity index (χ2v) is 5.10. The summed E-state index contributed by atoms with van der Waals surface area (Å²) >= 11 is 0. The van der Waals surface area contributed by atoms with Crippen LogP contribution in [-0.2, 0) is 6.54 Å². The van der Waals surface area contributed by atoms with Crippen molar-refractivity contribution < 1.29 is 9.90 Å². The van der Waals surface area contributed by atoms with Gasteiger partial charge in [0.2, 0.25) is 0 Å². The first-order valence-corrected chi connectivity index (χ1v) is 6.84. The first-order chi connectivity index (χ1) is 9.44. The number of aromatic nitrogens is 1. The van der Waals surface area contributed by atoms with Crippen LogP contribution in [0.4, 0.5) is 10.5 Å². The predicted octanol–water partition coefficient (Wildman–Crippen LogP) is 1.54. The highest BCUT2D eigenvalue weighted by molar-refractivity contribution is 5.89. The Morgan fingerprint density at radius 1 is 1.40 bits per heavy atom. The van der Waals surface area contributed by atoms with E-state index in [9.17, 15) is 14.7 Å². The third-order valence-electron chi connectivity index (χ3n) is 3.25. The molecule has 112 valence electrons. The third kappa shape index (κ3) is 4.38. The van der Waals surface area contributed by atoms with Crippen LogP contribution in [0, 0.1) is 0 Å². The van der Waals surface area contributed by atoms with E-state index in [4.69, 9.17) is 0 Å². The Morgan fingerprint density at radius 3 is 2.65 bits per heavy atom. The quantitative estimate of drug-likeness (QED) is 0.739. The number of hydrogen-bond acceptors (Lipinski definition) is 3. The highest BCUT2D eigenvalue weighted by atomic mass is 16.3. The van der Waals surface area contributed by atoms with Gasteiger partial charge in [0.15, 0.2) is 0 Å². The van der Waals surface area contributed by atoms with Crippen LogP contribution >= 0.6 is 0 Å². The number of nitrogens with one attached hydrogen (secondary N) is 2. The number of carbonyl (C=O) groups is 1. The average molecular weight is 281 g/mol. The van der Waals surface area contributed by atoms with Gasteiger partial charge < -0.3 is 20.3 Å². The van der Waals surface area contributed by atoms with E-state index in [-0.39, 0.29) is 12.2 Å². The third-order valence-corrected chi connectivity index (χ3v) is 3.25. The first kappa shape index (κ1) is 16.2. The van der Waals surface area contributed by atoms with E-state index < -0.39 is 11.6 Å². The smallest absolute Gasteiger partial charge is 0.319 e. The van der Waals surface area contributed by atoms with Gasteiger partial charge >= 0.3 is 6.03 Å². The number of aryl methyl sites for hydroxylation is 1. The zero-order valence-electron chi connectivity index (χ0n) is 12.3. The fraction of sp³-hybridized carbons (Fsp3) is 0.571. The largest absolute Gasteiger partial charge is 0.394 e. The van der Waals surface area contributed by atoms with Crippen molar-refractivity contribution in [2.45, 2.75) is 45.7 Å². The SMILES string of the molecule is CCCn1cc(NC(=O)NC(C)(CC)CO)ccc1=O.